The van der Waals surface area contributed by atoms with Crippen LogP contribution in [0.5, 0.6) is 0 Å². The van der Waals surface area contributed by atoms with Gasteiger partial charge >= 0.3 is 5.97 Å². The largest absolute Gasteiger partial charge is 0.477 e. The van der Waals surface area contributed by atoms with Crippen LogP contribution in [-0.4, -0.2) is 34.0 Å². The summed E-state index contributed by atoms with van der Waals surface area (Å²) in [5, 5.41) is 10.1. The van der Waals surface area contributed by atoms with Crippen molar-refractivity contribution < 1.29 is 9.90 Å². The second-order valence-corrected chi connectivity index (χ2v) is 6.23. The highest BCUT2D eigenvalue weighted by Crippen LogP contribution is 2.35. The van der Waals surface area contributed by atoms with E-state index in [4.69, 9.17) is 5.11 Å². The van der Waals surface area contributed by atoms with E-state index in [1.54, 1.807) is 6.92 Å². The van der Waals surface area contributed by atoms with E-state index in [-0.39, 0.29) is 6.04 Å². The predicted octanol–water partition coefficient (Wildman–Crippen LogP) is 2.94. The average molecular weight is 268 g/mol. The fraction of sp³-hybridized carbons (Fsp3) is 0.692. The molecule has 1 unspecified atom stereocenters. The van der Waals surface area contributed by atoms with Gasteiger partial charge in [-0.3, -0.25) is 4.90 Å². The van der Waals surface area contributed by atoms with E-state index in [1.165, 1.54) is 24.2 Å². The maximum absolute atomic E-state index is 11.1. The molecule has 2 rings (SSSR count). The number of aromatic carboxylic acids is 1. The van der Waals surface area contributed by atoms with Gasteiger partial charge in [0.1, 0.15) is 9.88 Å². The van der Waals surface area contributed by atoms with Gasteiger partial charge in [-0.2, -0.15) is 0 Å². The Morgan fingerprint density at radius 2 is 2.00 bits per heavy atom. The molecule has 18 heavy (non-hydrogen) atoms. The Balaban J connectivity index is 2.30. The molecule has 100 valence electrons. The van der Waals surface area contributed by atoms with Crippen molar-refractivity contribution >= 4 is 17.3 Å². The molecule has 1 aliphatic rings. The predicted molar refractivity (Wildman–Crippen MR) is 72.2 cm³/mol. The van der Waals surface area contributed by atoms with Gasteiger partial charge in [0.15, 0.2) is 0 Å². The molecule has 0 saturated carbocycles. The lowest BCUT2D eigenvalue weighted by Crippen LogP contribution is -2.29. The van der Waals surface area contributed by atoms with E-state index in [1.807, 2.05) is 0 Å². The summed E-state index contributed by atoms with van der Waals surface area (Å²) < 4.78 is 0. The number of aromatic nitrogens is 1. The van der Waals surface area contributed by atoms with Crippen LogP contribution in [0.25, 0.3) is 0 Å². The number of carbonyl (C=O) groups is 1. The van der Waals surface area contributed by atoms with Crippen LogP contribution < -0.4 is 0 Å². The van der Waals surface area contributed by atoms with Crippen LogP contribution >= 0.6 is 11.3 Å². The normalized spacial score (nSPS) is 18.4. The summed E-state index contributed by atoms with van der Waals surface area (Å²) in [4.78, 5) is 18.4. The second kappa shape index (κ2) is 5.36. The first kappa shape index (κ1) is 13.5. The lowest BCUT2D eigenvalue weighted by Gasteiger charge is -2.28. The van der Waals surface area contributed by atoms with Crippen LogP contribution in [0.4, 0.5) is 0 Å². The molecular formula is C13H20N2O2S. The summed E-state index contributed by atoms with van der Waals surface area (Å²) in [6.07, 6.45) is 2.47. The first-order valence-corrected chi connectivity index (χ1v) is 7.27. The molecule has 4 nitrogen and oxygen atoms in total. The molecule has 0 spiro atoms. The Bertz CT molecular complexity index is 436. The van der Waals surface area contributed by atoms with E-state index in [2.05, 4.69) is 23.7 Å². The van der Waals surface area contributed by atoms with Crippen molar-refractivity contribution in [3.63, 3.8) is 0 Å². The standard InChI is InChI=1S/C13H20N2O2S/c1-8(2)10(15-6-4-5-7-15)12-14-9(3)11(18-12)13(16)17/h8,10H,4-7H2,1-3H3,(H,16,17). The monoisotopic (exact) mass is 268 g/mol. The van der Waals surface area contributed by atoms with E-state index in [9.17, 15) is 4.79 Å². The van der Waals surface area contributed by atoms with Crippen molar-refractivity contribution in [3.05, 3.63) is 15.6 Å². The van der Waals surface area contributed by atoms with Crippen molar-refractivity contribution in [2.45, 2.75) is 39.7 Å². The summed E-state index contributed by atoms with van der Waals surface area (Å²) in [5.74, 6) is -0.407. The maximum atomic E-state index is 11.1. The first-order valence-electron chi connectivity index (χ1n) is 6.45. The van der Waals surface area contributed by atoms with Gasteiger partial charge in [0.2, 0.25) is 0 Å². The third kappa shape index (κ3) is 2.57. The number of hydrogen-bond donors (Lipinski definition) is 1. The fourth-order valence-electron chi connectivity index (χ4n) is 2.62. The number of aryl methyl sites for hydroxylation is 1. The number of rotatable bonds is 4. The Labute approximate surface area is 112 Å². The molecule has 1 aliphatic heterocycles. The highest BCUT2D eigenvalue weighted by Gasteiger charge is 2.30. The quantitative estimate of drug-likeness (QED) is 0.912. The molecule has 1 saturated heterocycles. The number of carboxylic acid groups (broad SMARTS) is 1. The van der Waals surface area contributed by atoms with Gasteiger partial charge < -0.3 is 5.11 Å². The number of carboxylic acids is 1. The van der Waals surface area contributed by atoms with Crippen molar-refractivity contribution in [2.24, 2.45) is 5.92 Å². The van der Waals surface area contributed by atoms with Crippen LogP contribution in [0, 0.1) is 12.8 Å². The number of hydrogen-bond acceptors (Lipinski definition) is 4. The number of likely N-dealkylation sites (tertiary alicyclic amines) is 1. The molecule has 0 aliphatic carbocycles. The lowest BCUT2D eigenvalue weighted by molar-refractivity contribution is 0.0701. The van der Waals surface area contributed by atoms with Crippen molar-refractivity contribution in [2.75, 3.05) is 13.1 Å². The van der Waals surface area contributed by atoms with Crippen LogP contribution in [-0.2, 0) is 0 Å². The Morgan fingerprint density at radius 3 is 2.44 bits per heavy atom. The summed E-state index contributed by atoms with van der Waals surface area (Å²) in [7, 11) is 0. The molecule has 1 aromatic rings. The summed E-state index contributed by atoms with van der Waals surface area (Å²) in [6, 6.07) is 0.268. The van der Waals surface area contributed by atoms with Crippen LogP contribution in [0.15, 0.2) is 0 Å². The maximum Gasteiger partial charge on any atom is 0.347 e. The van der Waals surface area contributed by atoms with Gasteiger partial charge in [-0.15, -0.1) is 11.3 Å². The second-order valence-electron chi connectivity index (χ2n) is 5.20. The van der Waals surface area contributed by atoms with Crippen molar-refractivity contribution in [1.29, 1.82) is 0 Å². The van der Waals surface area contributed by atoms with Gasteiger partial charge in [-0.05, 0) is 38.8 Å². The molecular weight excluding hydrogens is 248 g/mol. The molecule has 0 bridgehead atoms. The zero-order chi connectivity index (χ0) is 13.3. The van der Waals surface area contributed by atoms with Gasteiger partial charge in [-0.25, -0.2) is 9.78 Å². The molecule has 2 heterocycles. The highest BCUT2D eigenvalue weighted by molar-refractivity contribution is 7.13. The fourth-order valence-corrected chi connectivity index (χ4v) is 3.84. The smallest absolute Gasteiger partial charge is 0.347 e. The van der Waals surface area contributed by atoms with E-state index in [0.717, 1.165) is 18.1 Å². The van der Waals surface area contributed by atoms with Gasteiger partial charge in [0.05, 0.1) is 11.7 Å². The minimum atomic E-state index is -0.861. The molecule has 0 amide bonds. The average Bonchev–Trinajstić information content (AvgIpc) is 2.88. The zero-order valence-electron chi connectivity index (χ0n) is 11.1. The minimum absolute atomic E-state index is 0.268. The zero-order valence-corrected chi connectivity index (χ0v) is 12.0. The molecule has 5 heteroatoms. The van der Waals surface area contributed by atoms with E-state index >= 15 is 0 Å². The summed E-state index contributed by atoms with van der Waals surface area (Å²) >= 11 is 1.34. The number of nitrogens with zero attached hydrogens (tertiary/aromatic N) is 2. The molecule has 1 N–H and O–H groups in total. The topological polar surface area (TPSA) is 53.4 Å². The highest BCUT2D eigenvalue weighted by atomic mass is 32.1. The minimum Gasteiger partial charge on any atom is -0.477 e. The third-order valence-corrected chi connectivity index (χ3v) is 4.64. The van der Waals surface area contributed by atoms with Crippen molar-refractivity contribution in [1.82, 2.24) is 9.88 Å². The van der Waals surface area contributed by atoms with Crippen LogP contribution in [0.2, 0.25) is 0 Å². The van der Waals surface area contributed by atoms with Crippen molar-refractivity contribution in [3.8, 4) is 0 Å². The van der Waals surface area contributed by atoms with Gasteiger partial charge in [-0.1, -0.05) is 13.8 Å². The molecule has 0 aromatic carbocycles. The van der Waals surface area contributed by atoms with Gasteiger partial charge in [0.25, 0.3) is 0 Å². The van der Waals surface area contributed by atoms with Crippen LogP contribution in [0.1, 0.15) is 53.1 Å². The SMILES string of the molecule is Cc1nc(C(C(C)C)N2CCCC2)sc1C(=O)O. The van der Waals surface area contributed by atoms with E-state index < -0.39 is 5.97 Å². The lowest BCUT2D eigenvalue weighted by atomic mass is 10.0. The summed E-state index contributed by atoms with van der Waals surface area (Å²) in [5.41, 5.74) is 0.646. The summed E-state index contributed by atoms with van der Waals surface area (Å²) in [6.45, 7) is 8.35. The molecule has 1 fully saturated rings. The molecule has 0 radical (unpaired) electrons. The Kier molecular flexibility index (Phi) is 4.02. The molecule has 1 atom stereocenters. The Morgan fingerprint density at radius 1 is 1.39 bits per heavy atom. The number of thiazole rings is 1. The Hall–Kier alpha value is -0.940. The van der Waals surface area contributed by atoms with Crippen LogP contribution in [0.3, 0.4) is 0 Å². The first-order chi connectivity index (χ1) is 8.50. The van der Waals surface area contributed by atoms with Gasteiger partial charge in [0, 0.05) is 0 Å². The third-order valence-electron chi connectivity index (χ3n) is 3.43. The molecule has 1 aromatic heterocycles. The van der Waals surface area contributed by atoms with E-state index in [0.29, 0.717) is 16.5 Å².